The summed E-state index contributed by atoms with van der Waals surface area (Å²) in [7, 11) is 0. The fraction of sp³-hybridized carbons (Fsp3) is 0.333. The molecule has 5 nitrogen and oxygen atoms in total. The molecule has 1 N–H and O–H groups in total. The van der Waals surface area contributed by atoms with Crippen molar-refractivity contribution in [3.05, 3.63) is 71.5 Å². The molecule has 1 saturated heterocycles. The molecule has 6 rings (SSSR count). The minimum atomic E-state index is 0.632. The largest absolute Gasteiger partial charge is 0.354 e. The number of anilines is 1. The van der Waals surface area contributed by atoms with Crippen LogP contribution in [0, 0.1) is 5.92 Å². The van der Waals surface area contributed by atoms with E-state index in [2.05, 4.69) is 55.7 Å². The highest BCUT2D eigenvalue weighted by Crippen LogP contribution is 2.35. The van der Waals surface area contributed by atoms with Gasteiger partial charge >= 0.3 is 0 Å². The van der Waals surface area contributed by atoms with E-state index < -0.39 is 0 Å². The normalized spacial score (nSPS) is 16.7. The number of aryl methyl sites for hydroxylation is 2. The molecule has 34 heavy (non-hydrogen) atoms. The van der Waals surface area contributed by atoms with E-state index in [0.29, 0.717) is 5.92 Å². The Kier molecular flexibility index (Phi) is 6.20. The Balaban J connectivity index is 1.09. The number of nitrogens with zero attached hydrogens (tertiary/aromatic N) is 4. The van der Waals surface area contributed by atoms with Gasteiger partial charge in [-0.2, -0.15) is 0 Å². The van der Waals surface area contributed by atoms with Crippen molar-refractivity contribution in [1.29, 1.82) is 0 Å². The molecular formula is C27H28ClN5S. The number of halogens is 1. The molecule has 0 spiro atoms. The number of nitrogens with one attached hydrogen (secondary N) is 1. The van der Waals surface area contributed by atoms with E-state index in [1.807, 2.05) is 36.3 Å². The SMILES string of the molecule is Clc1ccc(SN2CCC(CNc3nccc(-c4cn5c6c(cccc46)CCC5)n3)CC2)cc1. The summed E-state index contributed by atoms with van der Waals surface area (Å²) < 4.78 is 4.85. The van der Waals surface area contributed by atoms with Crippen LogP contribution in [-0.2, 0) is 13.0 Å². The average molecular weight is 490 g/mol. The highest BCUT2D eigenvalue weighted by Gasteiger charge is 2.21. The molecule has 0 amide bonds. The molecule has 0 atom stereocenters. The maximum Gasteiger partial charge on any atom is 0.223 e. The predicted molar refractivity (Wildman–Crippen MR) is 141 cm³/mol. The third-order valence-corrected chi connectivity index (χ3v) is 8.29. The van der Waals surface area contributed by atoms with Gasteiger partial charge in [0.15, 0.2) is 0 Å². The van der Waals surface area contributed by atoms with Crippen LogP contribution in [-0.4, -0.2) is 38.5 Å². The van der Waals surface area contributed by atoms with Crippen LogP contribution in [0.2, 0.25) is 5.02 Å². The summed E-state index contributed by atoms with van der Waals surface area (Å²) in [4.78, 5) is 10.6. The molecule has 2 aliphatic rings. The summed E-state index contributed by atoms with van der Waals surface area (Å²) in [6.45, 7) is 4.16. The first-order valence-corrected chi connectivity index (χ1v) is 13.2. The summed E-state index contributed by atoms with van der Waals surface area (Å²) in [5.41, 5.74) is 5.02. The molecule has 0 bridgehead atoms. The highest BCUT2D eigenvalue weighted by molar-refractivity contribution is 7.97. The molecule has 2 aliphatic heterocycles. The number of hydrogen-bond donors (Lipinski definition) is 1. The van der Waals surface area contributed by atoms with Crippen molar-refractivity contribution >= 4 is 40.4 Å². The number of aromatic nitrogens is 3. The molecule has 0 radical (unpaired) electrons. The first-order chi connectivity index (χ1) is 16.7. The first kappa shape index (κ1) is 22.0. The predicted octanol–water partition coefficient (Wildman–Crippen LogP) is 6.53. The molecule has 2 aromatic carbocycles. The third kappa shape index (κ3) is 4.54. The van der Waals surface area contributed by atoms with Gasteiger partial charge in [0.25, 0.3) is 0 Å². The minimum Gasteiger partial charge on any atom is -0.354 e. The van der Waals surface area contributed by atoms with Crippen LogP contribution < -0.4 is 5.32 Å². The zero-order chi connectivity index (χ0) is 22.9. The van der Waals surface area contributed by atoms with Crippen molar-refractivity contribution < 1.29 is 0 Å². The average Bonchev–Trinajstić information content (AvgIpc) is 3.26. The maximum atomic E-state index is 6.00. The van der Waals surface area contributed by atoms with Crippen LogP contribution in [0.3, 0.4) is 0 Å². The van der Waals surface area contributed by atoms with Crippen LogP contribution in [0.25, 0.3) is 22.2 Å². The molecule has 0 unspecified atom stereocenters. The second-order valence-electron chi connectivity index (χ2n) is 9.22. The number of rotatable bonds is 6. The van der Waals surface area contributed by atoms with E-state index in [0.717, 1.165) is 49.3 Å². The Hall–Kier alpha value is -2.54. The number of benzene rings is 2. The molecular weight excluding hydrogens is 462 g/mol. The first-order valence-electron chi connectivity index (χ1n) is 12.1. The molecule has 0 aliphatic carbocycles. The highest BCUT2D eigenvalue weighted by atomic mass is 35.5. The van der Waals surface area contributed by atoms with E-state index in [9.17, 15) is 0 Å². The third-order valence-electron chi connectivity index (χ3n) is 6.93. The van der Waals surface area contributed by atoms with Gasteiger partial charge in [0.2, 0.25) is 5.95 Å². The van der Waals surface area contributed by atoms with Crippen molar-refractivity contribution in [3.63, 3.8) is 0 Å². The van der Waals surface area contributed by atoms with Crippen molar-refractivity contribution in [3.8, 4) is 11.3 Å². The zero-order valence-electron chi connectivity index (χ0n) is 19.1. The van der Waals surface area contributed by atoms with Gasteiger partial charge in [0, 0.05) is 59.4 Å². The molecule has 0 saturated carbocycles. The quantitative estimate of drug-likeness (QED) is 0.312. The fourth-order valence-electron chi connectivity index (χ4n) is 5.14. The van der Waals surface area contributed by atoms with Gasteiger partial charge in [-0.15, -0.1) is 0 Å². The smallest absolute Gasteiger partial charge is 0.223 e. The van der Waals surface area contributed by atoms with E-state index in [1.165, 1.54) is 46.2 Å². The Morgan fingerprint density at radius 3 is 2.74 bits per heavy atom. The van der Waals surface area contributed by atoms with Gasteiger partial charge < -0.3 is 9.88 Å². The van der Waals surface area contributed by atoms with Gasteiger partial charge in [-0.25, -0.2) is 14.3 Å². The molecule has 4 aromatic rings. The van der Waals surface area contributed by atoms with Crippen LogP contribution >= 0.6 is 23.5 Å². The van der Waals surface area contributed by atoms with Crippen molar-refractivity contribution in [2.75, 3.05) is 25.0 Å². The van der Waals surface area contributed by atoms with Gasteiger partial charge in [-0.05, 0) is 79.4 Å². The van der Waals surface area contributed by atoms with Crippen molar-refractivity contribution in [2.24, 2.45) is 5.92 Å². The summed E-state index contributed by atoms with van der Waals surface area (Å²) >= 11 is 7.83. The van der Waals surface area contributed by atoms with Gasteiger partial charge in [0.1, 0.15) is 0 Å². The Morgan fingerprint density at radius 2 is 1.88 bits per heavy atom. The van der Waals surface area contributed by atoms with Gasteiger partial charge in [-0.3, -0.25) is 0 Å². The molecule has 2 aromatic heterocycles. The standard InChI is InChI=1S/C27H28ClN5S/c28-21-6-8-22(9-7-21)34-33-15-11-19(12-16-33)17-30-27-29-13-10-25(31-27)24-18-32-14-2-4-20-3-1-5-23(24)26(20)32/h1,3,5-10,13,18-19H,2,4,11-12,14-17H2,(H,29,30,31). The van der Waals surface area contributed by atoms with Crippen LogP contribution in [0.5, 0.6) is 0 Å². The van der Waals surface area contributed by atoms with Crippen LogP contribution in [0.15, 0.2) is 65.8 Å². The number of para-hydroxylation sites is 1. The molecule has 4 heterocycles. The Morgan fingerprint density at radius 1 is 1.03 bits per heavy atom. The summed E-state index contributed by atoms with van der Waals surface area (Å²) in [5, 5.41) is 5.60. The number of piperidine rings is 1. The van der Waals surface area contributed by atoms with Crippen molar-refractivity contribution in [1.82, 2.24) is 18.8 Å². The van der Waals surface area contributed by atoms with Crippen molar-refractivity contribution in [2.45, 2.75) is 37.1 Å². The Labute approximate surface area is 209 Å². The topological polar surface area (TPSA) is 46.0 Å². The number of hydrogen-bond acceptors (Lipinski definition) is 5. The van der Waals surface area contributed by atoms with E-state index >= 15 is 0 Å². The lowest BCUT2D eigenvalue weighted by Gasteiger charge is -2.31. The monoisotopic (exact) mass is 489 g/mol. The summed E-state index contributed by atoms with van der Waals surface area (Å²) in [6.07, 6.45) is 8.85. The second kappa shape index (κ2) is 9.61. The van der Waals surface area contributed by atoms with E-state index in [4.69, 9.17) is 16.6 Å². The Bertz CT molecular complexity index is 1290. The second-order valence-corrected chi connectivity index (χ2v) is 10.8. The lowest BCUT2D eigenvalue weighted by molar-refractivity contribution is 0.301. The summed E-state index contributed by atoms with van der Waals surface area (Å²) in [5.74, 6) is 1.36. The zero-order valence-corrected chi connectivity index (χ0v) is 20.7. The lowest BCUT2D eigenvalue weighted by Crippen LogP contribution is -2.31. The van der Waals surface area contributed by atoms with Crippen LogP contribution in [0.1, 0.15) is 24.8 Å². The minimum absolute atomic E-state index is 0.632. The molecule has 7 heteroatoms. The van der Waals surface area contributed by atoms with Gasteiger partial charge in [0.05, 0.1) is 11.2 Å². The molecule has 1 fully saturated rings. The molecule has 174 valence electrons. The maximum absolute atomic E-state index is 6.00. The van der Waals surface area contributed by atoms with E-state index in [-0.39, 0.29) is 0 Å². The summed E-state index contributed by atoms with van der Waals surface area (Å²) in [6, 6.07) is 16.8. The van der Waals surface area contributed by atoms with Gasteiger partial charge in [-0.1, -0.05) is 29.8 Å². The fourth-order valence-corrected chi connectivity index (χ4v) is 6.21. The van der Waals surface area contributed by atoms with E-state index in [1.54, 1.807) is 0 Å². The lowest BCUT2D eigenvalue weighted by atomic mass is 9.98. The van der Waals surface area contributed by atoms with Crippen LogP contribution in [0.4, 0.5) is 5.95 Å².